The molecule has 2 nitrogen and oxygen atoms in total. The van der Waals surface area contributed by atoms with E-state index in [2.05, 4.69) is 43.0 Å². The molecule has 0 aromatic heterocycles. The first kappa shape index (κ1) is 38.4. The minimum Gasteiger partial charge on any atom is -0.356 e. The number of rotatable bonds is 33. The molecular weight excluding hydrogens is 496 g/mol. The molecule has 41 heavy (non-hydrogen) atoms. The lowest BCUT2D eigenvalue weighted by atomic mass is 10.0. The fraction of sp³-hybridized carbons (Fsp3) is 0.949. The van der Waals surface area contributed by atoms with Crippen molar-refractivity contribution in [3.63, 3.8) is 0 Å². The second-order valence-corrected chi connectivity index (χ2v) is 13.6. The van der Waals surface area contributed by atoms with E-state index in [0.29, 0.717) is 6.17 Å². The lowest BCUT2D eigenvalue weighted by Gasteiger charge is -2.33. The Labute approximate surface area is 260 Å². The fourth-order valence-corrected chi connectivity index (χ4v) is 6.72. The van der Waals surface area contributed by atoms with Crippen molar-refractivity contribution in [1.29, 1.82) is 0 Å². The molecule has 1 rings (SSSR count). The van der Waals surface area contributed by atoms with Gasteiger partial charge in [-0.05, 0) is 25.7 Å². The highest BCUT2D eigenvalue weighted by Gasteiger charge is 2.24. The van der Waals surface area contributed by atoms with E-state index >= 15 is 0 Å². The molecule has 0 spiro atoms. The SMILES string of the molecule is CCCCCCCCCCCCCCCCCC1N(CCCCCCC)C=CN1CCCCCCCCCCCC. The summed E-state index contributed by atoms with van der Waals surface area (Å²) in [6, 6.07) is 0. The standard InChI is InChI=1S/C39H78N2/c1-4-7-10-13-15-17-19-20-21-22-23-24-26-28-31-34-39-40(35-32-29-12-9-6-3)37-38-41(39)36-33-30-27-25-18-16-14-11-8-5-2/h37-39H,4-36H2,1-3H3. The van der Waals surface area contributed by atoms with E-state index in [1.54, 1.807) is 0 Å². The van der Waals surface area contributed by atoms with Gasteiger partial charge in [0.15, 0.2) is 0 Å². The first-order chi connectivity index (χ1) is 20.3. The molecule has 0 aromatic carbocycles. The Kier molecular flexibility index (Phi) is 28.8. The van der Waals surface area contributed by atoms with Gasteiger partial charge in [0.2, 0.25) is 0 Å². The lowest BCUT2D eigenvalue weighted by molar-refractivity contribution is 0.135. The van der Waals surface area contributed by atoms with Crippen LogP contribution in [0.5, 0.6) is 0 Å². The zero-order chi connectivity index (χ0) is 29.5. The minimum atomic E-state index is 0.640. The third-order valence-electron chi connectivity index (χ3n) is 9.57. The summed E-state index contributed by atoms with van der Waals surface area (Å²) in [6.07, 6.45) is 49.9. The number of hydrogen-bond acceptors (Lipinski definition) is 2. The molecule has 1 aliphatic heterocycles. The summed E-state index contributed by atoms with van der Waals surface area (Å²) in [7, 11) is 0. The van der Waals surface area contributed by atoms with Crippen molar-refractivity contribution in [3.8, 4) is 0 Å². The molecule has 1 unspecified atom stereocenters. The summed E-state index contributed by atoms with van der Waals surface area (Å²) >= 11 is 0. The highest BCUT2D eigenvalue weighted by Crippen LogP contribution is 2.24. The van der Waals surface area contributed by atoms with Crippen molar-refractivity contribution < 1.29 is 0 Å². The van der Waals surface area contributed by atoms with Crippen LogP contribution in [0.2, 0.25) is 0 Å². The summed E-state index contributed by atoms with van der Waals surface area (Å²) in [5.41, 5.74) is 0. The van der Waals surface area contributed by atoms with Gasteiger partial charge in [-0.2, -0.15) is 0 Å². The Balaban J connectivity index is 2.15. The average molecular weight is 575 g/mol. The topological polar surface area (TPSA) is 6.48 Å². The van der Waals surface area contributed by atoms with Crippen LogP contribution in [0, 0.1) is 0 Å². The van der Waals surface area contributed by atoms with Crippen molar-refractivity contribution in [2.24, 2.45) is 0 Å². The summed E-state index contributed by atoms with van der Waals surface area (Å²) in [4.78, 5) is 5.41. The van der Waals surface area contributed by atoms with Gasteiger partial charge in [0.1, 0.15) is 6.17 Å². The molecule has 0 N–H and O–H groups in total. The molecule has 0 fully saturated rings. The van der Waals surface area contributed by atoms with Crippen LogP contribution >= 0.6 is 0 Å². The van der Waals surface area contributed by atoms with Gasteiger partial charge in [-0.25, -0.2) is 0 Å². The maximum atomic E-state index is 2.71. The number of hydrogen-bond donors (Lipinski definition) is 0. The molecule has 1 heterocycles. The zero-order valence-electron chi connectivity index (χ0n) is 29.0. The summed E-state index contributed by atoms with van der Waals surface area (Å²) in [5.74, 6) is 0. The highest BCUT2D eigenvalue weighted by atomic mass is 15.4. The second kappa shape index (κ2) is 30.8. The Hall–Kier alpha value is -0.660. The lowest BCUT2D eigenvalue weighted by Crippen LogP contribution is -2.39. The quantitative estimate of drug-likeness (QED) is 0.0719. The van der Waals surface area contributed by atoms with E-state index in [9.17, 15) is 0 Å². The first-order valence-corrected chi connectivity index (χ1v) is 19.5. The number of nitrogens with zero attached hydrogens (tertiary/aromatic N) is 2. The Morgan fingerprint density at radius 2 is 0.561 bits per heavy atom. The van der Waals surface area contributed by atoms with Crippen LogP contribution in [0.15, 0.2) is 12.4 Å². The summed E-state index contributed by atoms with van der Waals surface area (Å²) in [5, 5.41) is 0. The zero-order valence-corrected chi connectivity index (χ0v) is 29.0. The van der Waals surface area contributed by atoms with Gasteiger partial charge in [0, 0.05) is 25.5 Å². The molecule has 1 aliphatic rings. The third-order valence-corrected chi connectivity index (χ3v) is 9.57. The van der Waals surface area contributed by atoms with Gasteiger partial charge in [-0.1, -0.05) is 194 Å². The number of unbranched alkanes of at least 4 members (excludes halogenated alkanes) is 27. The first-order valence-electron chi connectivity index (χ1n) is 19.5. The Morgan fingerprint density at radius 3 is 0.854 bits per heavy atom. The largest absolute Gasteiger partial charge is 0.356 e. The van der Waals surface area contributed by atoms with Crippen molar-refractivity contribution in [3.05, 3.63) is 12.4 Å². The van der Waals surface area contributed by atoms with Crippen molar-refractivity contribution in [2.75, 3.05) is 13.1 Å². The van der Waals surface area contributed by atoms with Crippen LogP contribution in [0.3, 0.4) is 0 Å². The predicted molar refractivity (Wildman–Crippen MR) is 186 cm³/mol. The Morgan fingerprint density at radius 1 is 0.317 bits per heavy atom. The third kappa shape index (κ3) is 23.5. The van der Waals surface area contributed by atoms with Crippen LogP contribution in [-0.2, 0) is 0 Å². The van der Waals surface area contributed by atoms with Gasteiger partial charge in [-0.3, -0.25) is 0 Å². The van der Waals surface area contributed by atoms with Gasteiger partial charge in [-0.15, -0.1) is 0 Å². The molecule has 0 radical (unpaired) electrons. The maximum Gasteiger partial charge on any atom is 0.101 e. The van der Waals surface area contributed by atoms with Gasteiger partial charge in [0.25, 0.3) is 0 Å². The molecule has 0 aliphatic carbocycles. The monoisotopic (exact) mass is 575 g/mol. The van der Waals surface area contributed by atoms with E-state index in [1.165, 1.54) is 212 Å². The summed E-state index contributed by atoms with van der Waals surface area (Å²) in [6.45, 7) is 9.47. The smallest absolute Gasteiger partial charge is 0.101 e. The van der Waals surface area contributed by atoms with Crippen molar-refractivity contribution in [2.45, 2.75) is 226 Å². The minimum absolute atomic E-state index is 0.640. The Bertz CT molecular complexity index is 530. The molecule has 244 valence electrons. The second-order valence-electron chi connectivity index (χ2n) is 13.6. The van der Waals surface area contributed by atoms with Gasteiger partial charge >= 0.3 is 0 Å². The van der Waals surface area contributed by atoms with Crippen LogP contribution < -0.4 is 0 Å². The molecule has 0 saturated carbocycles. The predicted octanol–water partition coefficient (Wildman–Crippen LogP) is 13.6. The highest BCUT2D eigenvalue weighted by molar-refractivity contribution is 4.97. The van der Waals surface area contributed by atoms with E-state index < -0.39 is 0 Å². The van der Waals surface area contributed by atoms with E-state index in [4.69, 9.17) is 0 Å². The molecule has 0 amide bonds. The van der Waals surface area contributed by atoms with Crippen LogP contribution in [0.4, 0.5) is 0 Å². The molecule has 1 atom stereocenters. The summed E-state index contributed by atoms with van der Waals surface area (Å²) < 4.78 is 0. The van der Waals surface area contributed by atoms with Crippen LogP contribution in [-0.4, -0.2) is 29.1 Å². The van der Waals surface area contributed by atoms with Gasteiger partial charge in [0.05, 0.1) is 0 Å². The average Bonchev–Trinajstić information content (AvgIpc) is 3.37. The van der Waals surface area contributed by atoms with E-state index in [1.807, 2.05) is 0 Å². The van der Waals surface area contributed by atoms with E-state index in [-0.39, 0.29) is 0 Å². The molecule has 0 aromatic rings. The van der Waals surface area contributed by atoms with Gasteiger partial charge < -0.3 is 9.80 Å². The maximum absolute atomic E-state index is 2.71. The molecule has 0 saturated heterocycles. The van der Waals surface area contributed by atoms with Crippen LogP contribution in [0.25, 0.3) is 0 Å². The van der Waals surface area contributed by atoms with E-state index in [0.717, 1.165) is 0 Å². The normalized spacial score (nSPS) is 15.0. The molecule has 2 heteroatoms. The van der Waals surface area contributed by atoms with Crippen molar-refractivity contribution in [1.82, 2.24) is 9.80 Å². The van der Waals surface area contributed by atoms with Crippen molar-refractivity contribution >= 4 is 0 Å². The van der Waals surface area contributed by atoms with Crippen LogP contribution in [0.1, 0.15) is 220 Å². The molecule has 0 bridgehead atoms. The fourth-order valence-electron chi connectivity index (χ4n) is 6.72. The molecular formula is C39H78N2.